The molecule has 1 aromatic heterocycles. The van der Waals surface area contributed by atoms with Gasteiger partial charge in [0, 0.05) is 25.5 Å². The molecule has 2 amide bonds. The van der Waals surface area contributed by atoms with Crippen LogP contribution in [0.2, 0.25) is 0 Å². The van der Waals surface area contributed by atoms with Crippen molar-refractivity contribution >= 4 is 46.2 Å². The maximum absolute atomic E-state index is 12.5. The molecular formula is C20H20N4O2S2. The Morgan fingerprint density at radius 1 is 1.29 bits per heavy atom. The highest BCUT2D eigenvalue weighted by atomic mass is 32.2. The van der Waals surface area contributed by atoms with E-state index in [9.17, 15) is 9.59 Å². The molecule has 6 nitrogen and oxygen atoms in total. The van der Waals surface area contributed by atoms with Crippen molar-refractivity contribution in [2.75, 3.05) is 13.1 Å². The van der Waals surface area contributed by atoms with Crippen molar-refractivity contribution in [1.29, 1.82) is 0 Å². The van der Waals surface area contributed by atoms with Crippen LogP contribution in [0.5, 0.6) is 0 Å². The Hall–Kier alpha value is -2.71. The van der Waals surface area contributed by atoms with Crippen LogP contribution in [0.1, 0.15) is 12.0 Å². The summed E-state index contributed by atoms with van der Waals surface area (Å²) in [5.74, 6) is -0.454. The first kappa shape index (κ1) is 20.0. The third kappa shape index (κ3) is 5.64. The van der Waals surface area contributed by atoms with Crippen LogP contribution in [0.15, 0.2) is 66.1 Å². The third-order valence-corrected chi connectivity index (χ3v) is 5.38. The zero-order valence-corrected chi connectivity index (χ0v) is 16.8. The molecule has 2 heterocycles. The minimum absolute atomic E-state index is 0.0600. The highest BCUT2D eigenvalue weighted by molar-refractivity contribution is 8.26. The van der Waals surface area contributed by atoms with Gasteiger partial charge in [-0.1, -0.05) is 66.5 Å². The Kier molecular flexibility index (Phi) is 7.16. The summed E-state index contributed by atoms with van der Waals surface area (Å²) in [7, 11) is 0. The summed E-state index contributed by atoms with van der Waals surface area (Å²) >= 11 is 6.47. The number of aromatic nitrogens is 2. The van der Waals surface area contributed by atoms with Gasteiger partial charge in [-0.25, -0.2) is 4.98 Å². The van der Waals surface area contributed by atoms with Crippen molar-refractivity contribution in [3.63, 3.8) is 0 Å². The van der Waals surface area contributed by atoms with E-state index in [0.29, 0.717) is 15.8 Å². The SMILES string of the molecule is O=C(CN1C(=O)C(=CC=Cc2ccccc2)SC1=S)NCCCn1ccnc1. The van der Waals surface area contributed by atoms with E-state index in [2.05, 4.69) is 10.3 Å². The van der Waals surface area contributed by atoms with E-state index >= 15 is 0 Å². The molecule has 0 spiro atoms. The standard InChI is InChI=1S/C20H20N4O2S2/c25-18(22-10-5-12-23-13-11-21-15-23)14-24-19(26)17(28-20(24)27)9-4-8-16-6-2-1-3-7-16/h1-4,6-9,11,13,15H,5,10,12,14H2,(H,22,25). The number of hydrogen-bond acceptors (Lipinski definition) is 5. The van der Waals surface area contributed by atoms with Gasteiger partial charge in [0.2, 0.25) is 5.91 Å². The smallest absolute Gasteiger partial charge is 0.266 e. The molecule has 144 valence electrons. The summed E-state index contributed by atoms with van der Waals surface area (Å²) in [6.07, 6.45) is 11.6. The number of aryl methyl sites for hydroxylation is 1. The van der Waals surface area contributed by atoms with Gasteiger partial charge in [-0.05, 0) is 18.1 Å². The predicted molar refractivity (Wildman–Crippen MR) is 115 cm³/mol. The highest BCUT2D eigenvalue weighted by Gasteiger charge is 2.32. The number of rotatable bonds is 8. The Morgan fingerprint density at radius 2 is 2.11 bits per heavy atom. The molecule has 0 bridgehead atoms. The van der Waals surface area contributed by atoms with Gasteiger partial charge in [-0.15, -0.1) is 0 Å². The number of carbonyl (C=O) groups excluding carboxylic acids is 2. The molecule has 0 saturated carbocycles. The molecule has 0 unspecified atom stereocenters. The minimum atomic E-state index is -0.235. The summed E-state index contributed by atoms with van der Waals surface area (Å²) in [5, 5.41) is 2.82. The summed E-state index contributed by atoms with van der Waals surface area (Å²) < 4.78 is 2.35. The van der Waals surface area contributed by atoms with Crippen LogP contribution in [0, 0.1) is 0 Å². The number of benzene rings is 1. The van der Waals surface area contributed by atoms with Gasteiger partial charge >= 0.3 is 0 Å². The van der Waals surface area contributed by atoms with Gasteiger partial charge in [0.25, 0.3) is 5.91 Å². The fraction of sp³-hybridized carbons (Fsp3) is 0.200. The zero-order valence-electron chi connectivity index (χ0n) is 15.2. The Labute approximate surface area is 173 Å². The van der Waals surface area contributed by atoms with Crippen LogP contribution in [0.3, 0.4) is 0 Å². The molecule has 0 radical (unpaired) electrons. The second-order valence-electron chi connectivity index (χ2n) is 6.06. The van der Waals surface area contributed by atoms with Crippen LogP contribution >= 0.6 is 24.0 Å². The summed E-state index contributed by atoms with van der Waals surface area (Å²) in [4.78, 5) is 30.5. The van der Waals surface area contributed by atoms with Crippen molar-refractivity contribution in [2.24, 2.45) is 0 Å². The van der Waals surface area contributed by atoms with Gasteiger partial charge in [0.1, 0.15) is 10.9 Å². The summed E-state index contributed by atoms with van der Waals surface area (Å²) in [6.45, 7) is 1.24. The van der Waals surface area contributed by atoms with Gasteiger partial charge in [-0.3, -0.25) is 14.5 Å². The van der Waals surface area contributed by atoms with Crippen LogP contribution in [0.25, 0.3) is 6.08 Å². The van der Waals surface area contributed by atoms with E-state index in [1.165, 1.54) is 16.7 Å². The molecule has 1 aromatic carbocycles. The largest absolute Gasteiger partial charge is 0.354 e. The van der Waals surface area contributed by atoms with E-state index < -0.39 is 0 Å². The molecule has 1 fully saturated rings. The molecular weight excluding hydrogens is 392 g/mol. The number of carbonyl (C=O) groups is 2. The zero-order chi connectivity index (χ0) is 19.8. The number of allylic oxidation sites excluding steroid dienone is 2. The van der Waals surface area contributed by atoms with Crippen molar-refractivity contribution in [3.8, 4) is 0 Å². The first-order chi connectivity index (χ1) is 13.6. The van der Waals surface area contributed by atoms with E-state index in [-0.39, 0.29) is 18.4 Å². The van der Waals surface area contributed by atoms with E-state index in [1.807, 2.05) is 53.2 Å². The number of hydrogen-bond donors (Lipinski definition) is 1. The number of amides is 2. The van der Waals surface area contributed by atoms with E-state index in [1.54, 1.807) is 18.6 Å². The monoisotopic (exact) mass is 412 g/mol. The number of imidazole rings is 1. The Bertz CT molecular complexity index is 892. The lowest BCUT2D eigenvalue weighted by atomic mass is 10.2. The first-order valence-electron chi connectivity index (χ1n) is 8.83. The van der Waals surface area contributed by atoms with Crippen LogP contribution in [-0.4, -0.2) is 43.7 Å². The normalized spacial score (nSPS) is 15.7. The Balaban J connectivity index is 1.47. The quantitative estimate of drug-likeness (QED) is 0.410. The lowest BCUT2D eigenvalue weighted by Crippen LogP contribution is -2.39. The van der Waals surface area contributed by atoms with Crippen LogP contribution in [0.4, 0.5) is 0 Å². The fourth-order valence-corrected chi connectivity index (χ4v) is 3.78. The highest BCUT2D eigenvalue weighted by Crippen LogP contribution is 2.30. The van der Waals surface area contributed by atoms with Gasteiger partial charge in [0.15, 0.2) is 0 Å². The van der Waals surface area contributed by atoms with Crippen molar-refractivity contribution in [3.05, 3.63) is 71.7 Å². The number of thioether (sulfide) groups is 1. The average molecular weight is 413 g/mol. The molecule has 1 aliphatic heterocycles. The number of nitrogens with zero attached hydrogens (tertiary/aromatic N) is 3. The average Bonchev–Trinajstić information content (AvgIpc) is 3.30. The van der Waals surface area contributed by atoms with Crippen LogP contribution < -0.4 is 5.32 Å². The molecule has 1 aliphatic rings. The lowest BCUT2D eigenvalue weighted by molar-refractivity contribution is -0.128. The summed E-state index contributed by atoms with van der Waals surface area (Å²) in [6, 6.07) is 9.81. The maximum Gasteiger partial charge on any atom is 0.266 e. The predicted octanol–water partition coefficient (Wildman–Crippen LogP) is 2.85. The molecule has 0 aliphatic carbocycles. The Morgan fingerprint density at radius 3 is 2.86 bits per heavy atom. The molecule has 28 heavy (non-hydrogen) atoms. The van der Waals surface area contributed by atoms with Crippen molar-refractivity contribution in [1.82, 2.24) is 19.8 Å². The fourth-order valence-electron chi connectivity index (χ4n) is 2.57. The molecule has 3 rings (SSSR count). The second-order valence-corrected chi connectivity index (χ2v) is 7.74. The maximum atomic E-state index is 12.5. The summed E-state index contributed by atoms with van der Waals surface area (Å²) in [5.41, 5.74) is 1.05. The molecule has 2 aromatic rings. The molecule has 1 N–H and O–H groups in total. The van der Waals surface area contributed by atoms with E-state index in [0.717, 1.165) is 18.5 Å². The molecule has 8 heteroatoms. The van der Waals surface area contributed by atoms with Gasteiger partial charge in [0.05, 0.1) is 11.2 Å². The third-order valence-electron chi connectivity index (χ3n) is 3.99. The first-order valence-corrected chi connectivity index (χ1v) is 10.1. The van der Waals surface area contributed by atoms with Crippen molar-refractivity contribution in [2.45, 2.75) is 13.0 Å². The van der Waals surface area contributed by atoms with E-state index in [4.69, 9.17) is 12.2 Å². The van der Waals surface area contributed by atoms with Crippen LogP contribution in [-0.2, 0) is 16.1 Å². The molecule has 0 atom stereocenters. The topological polar surface area (TPSA) is 67.2 Å². The lowest BCUT2D eigenvalue weighted by Gasteiger charge is -2.14. The van der Waals surface area contributed by atoms with Gasteiger partial charge < -0.3 is 9.88 Å². The number of thiocarbonyl (C=S) groups is 1. The number of nitrogens with one attached hydrogen (secondary N) is 1. The van der Waals surface area contributed by atoms with Crippen molar-refractivity contribution < 1.29 is 9.59 Å². The minimum Gasteiger partial charge on any atom is -0.354 e. The molecule has 1 saturated heterocycles. The van der Waals surface area contributed by atoms with Gasteiger partial charge in [-0.2, -0.15) is 0 Å². The second kappa shape index (κ2) is 10.0.